The zero-order valence-corrected chi connectivity index (χ0v) is 7.65. The van der Waals surface area contributed by atoms with E-state index in [1.165, 1.54) is 18.4 Å². The summed E-state index contributed by atoms with van der Waals surface area (Å²) in [6, 6.07) is 10.1. The molecule has 0 spiro atoms. The van der Waals surface area contributed by atoms with Crippen molar-refractivity contribution in [2.24, 2.45) is 11.7 Å². The Bertz CT molecular complexity index is 256. The van der Waals surface area contributed by atoms with Gasteiger partial charge in [-0.05, 0) is 24.3 Å². The molecule has 2 N–H and O–H groups in total. The van der Waals surface area contributed by atoms with E-state index in [0.717, 1.165) is 0 Å². The predicted octanol–water partition coefficient (Wildman–Crippen LogP) is 1.90. The van der Waals surface area contributed by atoms with E-state index >= 15 is 0 Å². The Labute approximate surface area is 78.7 Å². The molecule has 0 heterocycles. The summed E-state index contributed by atoms with van der Waals surface area (Å²) in [5, 5.41) is 0. The molecule has 0 aromatic heterocycles. The minimum absolute atomic E-state index is 0.0554. The van der Waals surface area contributed by atoms with Crippen molar-refractivity contribution in [3.05, 3.63) is 35.9 Å². The summed E-state index contributed by atoms with van der Waals surface area (Å²) < 4.78 is 5.53. The molecular formula is C11H15NO. The summed E-state index contributed by atoms with van der Waals surface area (Å²) in [7, 11) is 0. The third-order valence-corrected chi connectivity index (χ3v) is 2.37. The molecular weight excluding hydrogens is 162 g/mol. The van der Waals surface area contributed by atoms with Crippen LogP contribution in [0, 0.1) is 5.92 Å². The predicted molar refractivity (Wildman–Crippen MR) is 51.9 cm³/mol. The molecule has 1 aromatic carbocycles. The van der Waals surface area contributed by atoms with Gasteiger partial charge in [-0.25, -0.2) is 0 Å². The maximum absolute atomic E-state index is 5.80. The zero-order valence-electron chi connectivity index (χ0n) is 7.65. The normalized spacial score (nSPS) is 18.5. The van der Waals surface area contributed by atoms with Crippen LogP contribution < -0.4 is 5.73 Å². The Hall–Kier alpha value is -0.860. The summed E-state index contributed by atoms with van der Waals surface area (Å²) in [5.41, 5.74) is 7.00. The molecule has 2 rings (SSSR count). The highest BCUT2D eigenvalue weighted by atomic mass is 16.5. The summed E-state index contributed by atoms with van der Waals surface area (Å²) in [6.07, 6.45) is 2.41. The van der Waals surface area contributed by atoms with Crippen molar-refractivity contribution in [3.8, 4) is 0 Å². The largest absolute Gasteiger partial charge is 0.359 e. The second kappa shape index (κ2) is 3.90. The molecule has 2 nitrogen and oxygen atoms in total. The van der Waals surface area contributed by atoms with Gasteiger partial charge in [0.1, 0.15) is 6.23 Å². The van der Waals surface area contributed by atoms with Crippen LogP contribution in [0.1, 0.15) is 18.4 Å². The van der Waals surface area contributed by atoms with Gasteiger partial charge in [0.25, 0.3) is 0 Å². The SMILES string of the molecule is NC(OCc1ccccc1)C1CC1. The third-order valence-electron chi connectivity index (χ3n) is 2.37. The van der Waals surface area contributed by atoms with Gasteiger partial charge < -0.3 is 10.5 Å². The lowest BCUT2D eigenvalue weighted by Crippen LogP contribution is -2.25. The molecule has 1 fully saturated rings. The Morgan fingerprint density at radius 1 is 1.31 bits per heavy atom. The second-order valence-electron chi connectivity index (χ2n) is 3.60. The Morgan fingerprint density at radius 2 is 2.00 bits per heavy atom. The minimum Gasteiger partial charge on any atom is -0.359 e. The van der Waals surface area contributed by atoms with E-state index in [9.17, 15) is 0 Å². The highest BCUT2D eigenvalue weighted by Gasteiger charge is 2.28. The number of hydrogen-bond donors (Lipinski definition) is 1. The average molecular weight is 177 g/mol. The lowest BCUT2D eigenvalue weighted by molar-refractivity contribution is 0.0304. The van der Waals surface area contributed by atoms with Gasteiger partial charge in [-0.15, -0.1) is 0 Å². The lowest BCUT2D eigenvalue weighted by atomic mass is 10.2. The number of benzene rings is 1. The molecule has 0 saturated heterocycles. The monoisotopic (exact) mass is 177 g/mol. The Morgan fingerprint density at radius 3 is 2.62 bits per heavy atom. The van der Waals surface area contributed by atoms with E-state index in [2.05, 4.69) is 12.1 Å². The molecule has 1 unspecified atom stereocenters. The van der Waals surface area contributed by atoms with Crippen molar-refractivity contribution in [2.45, 2.75) is 25.7 Å². The van der Waals surface area contributed by atoms with Crippen molar-refractivity contribution in [3.63, 3.8) is 0 Å². The van der Waals surface area contributed by atoms with Gasteiger partial charge in [0.15, 0.2) is 0 Å². The molecule has 0 aliphatic heterocycles. The maximum atomic E-state index is 5.80. The summed E-state index contributed by atoms with van der Waals surface area (Å²) >= 11 is 0. The number of rotatable bonds is 4. The van der Waals surface area contributed by atoms with E-state index in [1.807, 2.05) is 18.2 Å². The van der Waals surface area contributed by atoms with Crippen LogP contribution in [0.3, 0.4) is 0 Å². The molecule has 1 saturated carbocycles. The van der Waals surface area contributed by atoms with E-state index in [4.69, 9.17) is 10.5 Å². The second-order valence-corrected chi connectivity index (χ2v) is 3.60. The quantitative estimate of drug-likeness (QED) is 0.713. The molecule has 0 radical (unpaired) electrons. The van der Waals surface area contributed by atoms with Crippen LogP contribution >= 0.6 is 0 Å². The molecule has 2 heteroatoms. The molecule has 0 bridgehead atoms. The maximum Gasteiger partial charge on any atom is 0.108 e. The standard InChI is InChI=1S/C11H15NO/c12-11(10-6-7-10)13-8-9-4-2-1-3-5-9/h1-5,10-11H,6-8,12H2. The first-order valence-electron chi connectivity index (χ1n) is 4.77. The van der Waals surface area contributed by atoms with Crippen LogP contribution in [0.4, 0.5) is 0 Å². The molecule has 1 aliphatic rings. The Balaban J connectivity index is 1.78. The fourth-order valence-electron chi connectivity index (χ4n) is 1.33. The first kappa shape index (κ1) is 8.73. The number of nitrogens with two attached hydrogens (primary N) is 1. The zero-order chi connectivity index (χ0) is 9.10. The molecule has 70 valence electrons. The molecule has 1 aromatic rings. The van der Waals surface area contributed by atoms with Crippen molar-refractivity contribution in [1.29, 1.82) is 0 Å². The smallest absolute Gasteiger partial charge is 0.108 e. The van der Waals surface area contributed by atoms with Gasteiger partial charge in [0.2, 0.25) is 0 Å². The first-order chi connectivity index (χ1) is 6.36. The van der Waals surface area contributed by atoms with Crippen LogP contribution in [-0.2, 0) is 11.3 Å². The fraction of sp³-hybridized carbons (Fsp3) is 0.455. The van der Waals surface area contributed by atoms with Gasteiger partial charge in [0, 0.05) is 0 Å². The van der Waals surface area contributed by atoms with Crippen molar-refractivity contribution in [1.82, 2.24) is 0 Å². The highest BCUT2D eigenvalue weighted by Crippen LogP contribution is 2.32. The van der Waals surface area contributed by atoms with Gasteiger partial charge in [-0.1, -0.05) is 30.3 Å². The summed E-state index contributed by atoms with van der Waals surface area (Å²) in [4.78, 5) is 0. The van der Waals surface area contributed by atoms with Gasteiger partial charge >= 0.3 is 0 Å². The van der Waals surface area contributed by atoms with Gasteiger partial charge in [0.05, 0.1) is 6.61 Å². The number of ether oxygens (including phenoxy) is 1. The molecule has 13 heavy (non-hydrogen) atoms. The molecule has 1 atom stereocenters. The highest BCUT2D eigenvalue weighted by molar-refractivity contribution is 5.13. The molecule has 0 amide bonds. The molecule has 1 aliphatic carbocycles. The van der Waals surface area contributed by atoms with Crippen molar-refractivity contribution in [2.75, 3.05) is 0 Å². The third kappa shape index (κ3) is 2.54. The van der Waals surface area contributed by atoms with E-state index < -0.39 is 0 Å². The van der Waals surface area contributed by atoms with E-state index in [-0.39, 0.29) is 6.23 Å². The van der Waals surface area contributed by atoms with Crippen LogP contribution in [-0.4, -0.2) is 6.23 Å². The van der Waals surface area contributed by atoms with Crippen LogP contribution in [0.15, 0.2) is 30.3 Å². The topological polar surface area (TPSA) is 35.2 Å². The summed E-state index contributed by atoms with van der Waals surface area (Å²) in [5.74, 6) is 0.615. The first-order valence-corrected chi connectivity index (χ1v) is 4.77. The van der Waals surface area contributed by atoms with E-state index in [1.54, 1.807) is 0 Å². The average Bonchev–Trinajstić information content (AvgIpc) is 2.99. The van der Waals surface area contributed by atoms with Crippen LogP contribution in [0.2, 0.25) is 0 Å². The van der Waals surface area contributed by atoms with Crippen LogP contribution in [0.5, 0.6) is 0 Å². The van der Waals surface area contributed by atoms with Crippen molar-refractivity contribution >= 4 is 0 Å². The van der Waals surface area contributed by atoms with Crippen molar-refractivity contribution < 1.29 is 4.74 Å². The van der Waals surface area contributed by atoms with Gasteiger partial charge in [-0.2, -0.15) is 0 Å². The van der Waals surface area contributed by atoms with E-state index in [0.29, 0.717) is 12.5 Å². The lowest BCUT2D eigenvalue weighted by Gasteiger charge is -2.11. The number of hydrogen-bond acceptors (Lipinski definition) is 2. The Kier molecular flexibility index (Phi) is 2.62. The van der Waals surface area contributed by atoms with Crippen LogP contribution in [0.25, 0.3) is 0 Å². The minimum atomic E-state index is -0.0554. The van der Waals surface area contributed by atoms with Gasteiger partial charge in [-0.3, -0.25) is 0 Å². The summed E-state index contributed by atoms with van der Waals surface area (Å²) in [6.45, 7) is 0.637. The fourth-order valence-corrected chi connectivity index (χ4v) is 1.33.